The average Bonchev–Trinajstić information content (AvgIpc) is 2.13. The maximum Gasteiger partial charge on any atom is 0.320 e. The number of alkyl halides is 1. The number of aliphatic hydroxyl groups is 1. The number of hydrogen-bond donors (Lipinski definition) is 2. The van der Waals surface area contributed by atoms with Gasteiger partial charge in [-0.3, -0.25) is 4.79 Å². The van der Waals surface area contributed by atoms with Crippen molar-refractivity contribution in [2.75, 3.05) is 20.3 Å². The molecule has 0 saturated carbocycles. The Morgan fingerprint density at radius 2 is 2.23 bits per heavy atom. The van der Waals surface area contributed by atoms with Crippen LogP contribution in [0.15, 0.2) is 0 Å². The molecule has 78 valence electrons. The molecular formula is C8H16BrNO3. The van der Waals surface area contributed by atoms with E-state index in [2.05, 4.69) is 26.0 Å². The molecule has 0 bridgehead atoms. The second-order valence-electron chi connectivity index (χ2n) is 3.41. The fourth-order valence-corrected chi connectivity index (χ4v) is 0.982. The standard InChI is InChI=1S/C8H16BrNO3/c1-8(2,5-11)10-4-6(9)7(12)13-3/h6,10-11H,4-5H2,1-3H3. The van der Waals surface area contributed by atoms with Crippen molar-refractivity contribution in [3.8, 4) is 0 Å². The van der Waals surface area contributed by atoms with E-state index in [0.717, 1.165) is 0 Å². The Morgan fingerprint density at radius 3 is 2.62 bits per heavy atom. The van der Waals surface area contributed by atoms with Crippen LogP contribution in [-0.4, -0.2) is 41.7 Å². The molecule has 0 spiro atoms. The van der Waals surface area contributed by atoms with Gasteiger partial charge in [-0.2, -0.15) is 0 Å². The van der Waals surface area contributed by atoms with E-state index in [0.29, 0.717) is 6.54 Å². The van der Waals surface area contributed by atoms with Gasteiger partial charge in [-0.15, -0.1) is 0 Å². The fraction of sp³-hybridized carbons (Fsp3) is 0.875. The van der Waals surface area contributed by atoms with Crippen LogP contribution < -0.4 is 5.32 Å². The Morgan fingerprint density at radius 1 is 1.69 bits per heavy atom. The molecule has 0 fully saturated rings. The zero-order valence-electron chi connectivity index (χ0n) is 8.13. The molecule has 2 N–H and O–H groups in total. The minimum atomic E-state index is -0.375. The minimum Gasteiger partial charge on any atom is -0.468 e. The number of nitrogens with one attached hydrogen (secondary N) is 1. The van der Waals surface area contributed by atoms with Crippen molar-refractivity contribution in [1.29, 1.82) is 0 Å². The lowest BCUT2D eigenvalue weighted by Crippen LogP contribution is -2.46. The summed E-state index contributed by atoms with van der Waals surface area (Å²) < 4.78 is 4.52. The highest BCUT2D eigenvalue weighted by Gasteiger charge is 2.20. The van der Waals surface area contributed by atoms with E-state index < -0.39 is 0 Å². The molecule has 0 radical (unpaired) electrons. The van der Waals surface area contributed by atoms with E-state index in [9.17, 15) is 4.79 Å². The summed E-state index contributed by atoms with van der Waals surface area (Å²) in [7, 11) is 1.34. The monoisotopic (exact) mass is 253 g/mol. The molecule has 0 heterocycles. The number of halogens is 1. The number of esters is 1. The van der Waals surface area contributed by atoms with Crippen LogP contribution in [0.5, 0.6) is 0 Å². The van der Waals surface area contributed by atoms with E-state index >= 15 is 0 Å². The largest absolute Gasteiger partial charge is 0.468 e. The number of ether oxygens (including phenoxy) is 1. The van der Waals surface area contributed by atoms with E-state index in [1.54, 1.807) is 0 Å². The van der Waals surface area contributed by atoms with Crippen molar-refractivity contribution in [3.63, 3.8) is 0 Å². The predicted octanol–water partition coefficient (Wildman–Crippen LogP) is 0.283. The first-order valence-electron chi connectivity index (χ1n) is 4.00. The van der Waals surface area contributed by atoms with Crippen molar-refractivity contribution in [3.05, 3.63) is 0 Å². The average molecular weight is 254 g/mol. The van der Waals surface area contributed by atoms with Gasteiger partial charge in [0.15, 0.2) is 0 Å². The molecule has 0 amide bonds. The zero-order valence-corrected chi connectivity index (χ0v) is 9.72. The van der Waals surface area contributed by atoms with Crippen molar-refractivity contribution in [1.82, 2.24) is 5.32 Å². The quantitative estimate of drug-likeness (QED) is 0.546. The molecule has 0 aliphatic rings. The van der Waals surface area contributed by atoms with Crippen molar-refractivity contribution in [2.45, 2.75) is 24.2 Å². The molecule has 0 aliphatic carbocycles. The van der Waals surface area contributed by atoms with E-state index in [-0.39, 0.29) is 22.9 Å². The van der Waals surface area contributed by atoms with Gasteiger partial charge in [-0.25, -0.2) is 0 Å². The second kappa shape index (κ2) is 5.57. The Kier molecular flexibility index (Phi) is 5.51. The van der Waals surface area contributed by atoms with Gasteiger partial charge >= 0.3 is 5.97 Å². The number of methoxy groups -OCH3 is 1. The fourth-order valence-electron chi connectivity index (χ4n) is 0.633. The highest BCUT2D eigenvalue weighted by molar-refractivity contribution is 9.10. The van der Waals surface area contributed by atoms with Crippen LogP contribution in [0.2, 0.25) is 0 Å². The topological polar surface area (TPSA) is 58.6 Å². The SMILES string of the molecule is COC(=O)C(Br)CNC(C)(C)CO. The number of rotatable bonds is 5. The zero-order chi connectivity index (χ0) is 10.5. The lowest BCUT2D eigenvalue weighted by molar-refractivity contribution is -0.139. The van der Waals surface area contributed by atoms with Crippen LogP contribution >= 0.6 is 15.9 Å². The van der Waals surface area contributed by atoms with Crippen LogP contribution in [-0.2, 0) is 9.53 Å². The van der Waals surface area contributed by atoms with Crippen LogP contribution in [0.1, 0.15) is 13.8 Å². The Balaban J connectivity index is 3.82. The summed E-state index contributed by atoms with van der Waals surface area (Å²) >= 11 is 3.17. The van der Waals surface area contributed by atoms with Gasteiger partial charge in [0.25, 0.3) is 0 Å². The highest BCUT2D eigenvalue weighted by Crippen LogP contribution is 2.04. The lowest BCUT2D eigenvalue weighted by atomic mass is 10.1. The van der Waals surface area contributed by atoms with Gasteiger partial charge in [0.05, 0.1) is 13.7 Å². The van der Waals surface area contributed by atoms with Gasteiger partial charge in [0.1, 0.15) is 4.83 Å². The molecule has 1 atom stereocenters. The number of hydrogen-bond acceptors (Lipinski definition) is 4. The van der Waals surface area contributed by atoms with E-state index in [1.165, 1.54) is 7.11 Å². The number of carbonyl (C=O) groups is 1. The second-order valence-corrected chi connectivity index (χ2v) is 4.52. The van der Waals surface area contributed by atoms with Crippen molar-refractivity contribution in [2.24, 2.45) is 0 Å². The summed E-state index contributed by atoms with van der Waals surface area (Å²) in [5.74, 6) is -0.318. The summed E-state index contributed by atoms with van der Waals surface area (Å²) in [5, 5.41) is 11.9. The first-order chi connectivity index (χ1) is 5.93. The third kappa shape index (κ3) is 5.23. The summed E-state index contributed by atoms with van der Waals surface area (Å²) in [5.41, 5.74) is -0.375. The third-order valence-corrected chi connectivity index (χ3v) is 2.31. The Labute approximate surface area is 86.8 Å². The molecule has 0 aliphatic heterocycles. The van der Waals surface area contributed by atoms with Crippen molar-refractivity contribution < 1.29 is 14.6 Å². The van der Waals surface area contributed by atoms with Crippen LogP contribution in [0, 0.1) is 0 Å². The van der Waals surface area contributed by atoms with Gasteiger partial charge in [-0.1, -0.05) is 15.9 Å². The maximum absolute atomic E-state index is 10.9. The molecule has 0 rings (SSSR count). The minimum absolute atomic E-state index is 0.0217. The molecule has 0 aromatic heterocycles. The normalized spacial score (nSPS) is 13.9. The van der Waals surface area contributed by atoms with Gasteiger partial charge < -0.3 is 15.2 Å². The maximum atomic E-state index is 10.9. The van der Waals surface area contributed by atoms with Crippen LogP contribution in [0.3, 0.4) is 0 Å². The predicted molar refractivity (Wildman–Crippen MR) is 53.9 cm³/mol. The lowest BCUT2D eigenvalue weighted by Gasteiger charge is -2.24. The van der Waals surface area contributed by atoms with E-state index in [1.807, 2.05) is 13.8 Å². The molecular weight excluding hydrogens is 238 g/mol. The first kappa shape index (κ1) is 12.9. The van der Waals surface area contributed by atoms with Crippen LogP contribution in [0.4, 0.5) is 0 Å². The van der Waals surface area contributed by atoms with Crippen LogP contribution in [0.25, 0.3) is 0 Å². The third-order valence-electron chi connectivity index (χ3n) is 1.61. The summed E-state index contributed by atoms with van der Waals surface area (Å²) in [6.45, 7) is 4.15. The molecule has 13 heavy (non-hydrogen) atoms. The highest BCUT2D eigenvalue weighted by atomic mass is 79.9. The van der Waals surface area contributed by atoms with Gasteiger partial charge in [-0.05, 0) is 13.8 Å². The summed E-state index contributed by atoms with van der Waals surface area (Å²) in [6.07, 6.45) is 0. The Bertz CT molecular complexity index is 173. The van der Waals surface area contributed by atoms with Crippen molar-refractivity contribution >= 4 is 21.9 Å². The smallest absolute Gasteiger partial charge is 0.320 e. The molecule has 4 nitrogen and oxygen atoms in total. The van der Waals surface area contributed by atoms with Gasteiger partial charge in [0.2, 0.25) is 0 Å². The molecule has 0 aromatic carbocycles. The molecule has 1 unspecified atom stereocenters. The molecule has 5 heteroatoms. The summed E-state index contributed by atoms with van der Waals surface area (Å²) in [6, 6.07) is 0. The Hall–Kier alpha value is -0.130. The number of aliphatic hydroxyl groups excluding tert-OH is 1. The molecule has 0 aromatic rings. The molecule has 0 saturated heterocycles. The van der Waals surface area contributed by atoms with Gasteiger partial charge in [0, 0.05) is 12.1 Å². The summed E-state index contributed by atoms with van der Waals surface area (Å²) in [4.78, 5) is 10.6. The first-order valence-corrected chi connectivity index (χ1v) is 4.92. The van der Waals surface area contributed by atoms with E-state index in [4.69, 9.17) is 5.11 Å². The number of carbonyl (C=O) groups excluding carboxylic acids is 1.